The predicted molar refractivity (Wildman–Crippen MR) is 90.5 cm³/mol. The number of halogens is 3. The first kappa shape index (κ1) is 19.9. The average molecular weight is 383 g/mol. The van der Waals surface area contributed by atoms with Gasteiger partial charge in [-0.05, 0) is 23.8 Å². The van der Waals surface area contributed by atoms with Crippen molar-refractivity contribution in [1.82, 2.24) is 15.0 Å². The minimum Gasteiger partial charge on any atom is -0.454 e. The zero-order valence-electron chi connectivity index (χ0n) is 14.4. The summed E-state index contributed by atoms with van der Waals surface area (Å²) in [6.07, 6.45) is -2.25. The van der Waals surface area contributed by atoms with Gasteiger partial charge >= 0.3 is 12.3 Å². The van der Waals surface area contributed by atoms with Gasteiger partial charge in [-0.25, -0.2) is 4.79 Å². The van der Waals surface area contributed by atoms with E-state index in [0.717, 1.165) is 18.2 Å². The summed E-state index contributed by atoms with van der Waals surface area (Å²) in [5, 5.41) is 0. The van der Waals surface area contributed by atoms with Crippen LogP contribution in [0.1, 0.15) is 11.4 Å². The predicted octanol–water partition coefficient (Wildman–Crippen LogP) is 2.17. The molecule has 0 amide bonds. The van der Waals surface area contributed by atoms with Crippen LogP contribution >= 0.6 is 0 Å². The number of hydrogen-bond donors (Lipinski definition) is 1. The number of nitrogens with two attached hydrogens (primary N) is 1. The first-order valence-electron chi connectivity index (χ1n) is 7.51. The molecule has 0 fully saturated rings. The Bertz CT molecular complexity index is 823. The number of alkyl halides is 3. The fourth-order valence-electron chi connectivity index (χ4n) is 1.82. The molecule has 1 aromatic heterocycles. The lowest BCUT2D eigenvalue weighted by Gasteiger charge is -2.11. The SMILES string of the molecule is CN(C)c1nc(N)nc(COC(=O)/C=C/c2ccc(OC(F)(F)F)cc2)n1. The van der Waals surface area contributed by atoms with E-state index in [9.17, 15) is 18.0 Å². The summed E-state index contributed by atoms with van der Waals surface area (Å²) in [4.78, 5) is 25.2. The molecule has 0 spiro atoms. The fourth-order valence-corrected chi connectivity index (χ4v) is 1.82. The minimum atomic E-state index is -4.76. The number of ether oxygens (including phenoxy) is 2. The summed E-state index contributed by atoms with van der Waals surface area (Å²) in [6.45, 7) is -0.213. The van der Waals surface area contributed by atoms with Crippen molar-refractivity contribution in [1.29, 1.82) is 0 Å². The second-order valence-electron chi connectivity index (χ2n) is 5.36. The number of rotatable bonds is 6. The van der Waals surface area contributed by atoms with Crippen LogP contribution in [0.25, 0.3) is 6.08 Å². The molecule has 11 heteroatoms. The fraction of sp³-hybridized carbons (Fsp3) is 0.250. The quantitative estimate of drug-likeness (QED) is 0.598. The van der Waals surface area contributed by atoms with E-state index in [4.69, 9.17) is 10.5 Å². The van der Waals surface area contributed by atoms with E-state index >= 15 is 0 Å². The normalized spacial score (nSPS) is 11.4. The van der Waals surface area contributed by atoms with Crippen LogP contribution in [0.5, 0.6) is 5.75 Å². The van der Waals surface area contributed by atoms with Crippen molar-refractivity contribution in [3.63, 3.8) is 0 Å². The number of benzene rings is 1. The molecule has 0 atom stereocenters. The van der Waals surface area contributed by atoms with Crippen molar-refractivity contribution in [2.45, 2.75) is 13.0 Å². The molecule has 0 bridgehead atoms. The molecular formula is C16H16F3N5O3. The average Bonchev–Trinajstić information content (AvgIpc) is 2.57. The number of esters is 1. The molecule has 2 N–H and O–H groups in total. The Morgan fingerprint density at radius 1 is 1.19 bits per heavy atom. The molecule has 0 unspecified atom stereocenters. The molecule has 1 heterocycles. The van der Waals surface area contributed by atoms with Crippen LogP contribution in [-0.2, 0) is 16.1 Å². The Morgan fingerprint density at radius 3 is 2.44 bits per heavy atom. The monoisotopic (exact) mass is 383 g/mol. The summed E-state index contributed by atoms with van der Waals surface area (Å²) in [5.74, 6) is -0.536. The summed E-state index contributed by atoms with van der Waals surface area (Å²) in [7, 11) is 3.44. The zero-order chi connectivity index (χ0) is 20.0. The first-order chi connectivity index (χ1) is 12.6. The molecular weight excluding hydrogens is 367 g/mol. The second kappa shape index (κ2) is 8.34. The molecule has 0 saturated carbocycles. The van der Waals surface area contributed by atoms with Crippen molar-refractivity contribution < 1.29 is 27.4 Å². The van der Waals surface area contributed by atoms with Gasteiger partial charge < -0.3 is 20.1 Å². The van der Waals surface area contributed by atoms with Gasteiger partial charge in [-0.15, -0.1) is 13.2 Å². The molecule has 0 aliphatic rings. The minimum absolute atomic E-state index is 0.00328. The number of hydrogen-bond acceptors (Lipinski definition) is 8. The number of carbonyl (C=O) groups is 1. The van der Waals surface area contributed by atoms with Crippen molar-refractivity contribution in [3.8, 4) is 5.75 Å². The lowest BCUT2D eigenvalue weighted by atomic mass is 10.2. The molecule has 0 aliphatic carbocycles. The molecule has 2 aromatic rings. The van der Waals surface area contributed by atoms with E-state index in [1.165, 1.54) is 18.2 Å². The number of carbonyl (C=O) groups excluding carboxylic acids is 1. The van der Waals surface area contributed by atoms with Crippen LogP contribution in [0.3, 0.4) is 0 Å². The smallest absolute Gasteiger partial charge is 0.454 e. The van der Waals surface area contributed by atoms with Gasteiger partial charge in [0.05, 0.1) is 0 Å². The summed E-state index contributed by atoms with van der Waals surface area (Å²) < 4.78 is 45.0. The maximum absolute atomic E-state index is 12.1. The molecule has 144 valence electrons. The van der Waals surface area contributed by atoms with E-state index < -0.39 is 12.3 Å². The third-order valence-corrected chi connectivity index (χ3v) is 2.96. The molecule has 2 rings (SSSR count). The number of anilines is 2. The van der Waals surface area contributed by atoms with E-state index in [0.29, 0.717) is 11.5 Å². The molecule has 0 radical (unpaired) electrons. The summed E-state index contributed by atoms with van der Waals surface area (Å²) >= 11 is 0. The maximum Gasteiger partial charge on any atom is 0.573 e. The van der Waals surface area contributed by atoms with Gasteiger partial charge in [-0.3, -0.25) is 0 Å². The van der Waals surface area contributed by atoms with Gasteiger partial charge in [0, 0.05) is 20.2 Å². The number of nitrogen functional groups attached to an aromatic ring is 1. The maximum atomic E-state index is 12.1. The Morgan fingerprint density at radius 2 is 1.85 bits per heavy atom. The van der Waals surface area contributed by atoms with Crippen LogP contribution in [0.4, 0.5) is 25.1 Å². The standard InChI is InChI=1S/C16H16F3N5O3/c1-24(2)15-22-12(21-14(20)23-15)9-26-13(25)8-5-10-3-6-11(7-4-10)27-16(17,18)19/h3-8H,9H2,1-2H3,(H2,20,21,22,23)/b8-5+. The zero-order valence-corrected chi connectivity index (χ0v) is 14.4. The van der Waals surface area contributed by atoms with Crippen molar-refractivity contribution in [2.24, 2.45) is 0 Å². The highest BCUT2D eigenvalue weighted by molar-refractivity contribution is 5.87. The lowest BCUT2D eigenvalue weighted by Crippen LogP contribution is -2.17. The molecule has 8 nitrogen and oxygen atoms in total. The highest BCUT2D eigenvalue weighted by atomic mass is 19.4. The van der Waals surface area contributed by atoms with E-state index in [2.05, 4.69) is 19.7 Å². The van der Waals surface area contributed by atoms with E-state index in [1.54, 1.807) is 19.0 Å². The Labute approximate surface area is 152 Å². The molecule has 1 aromatic carbocycles. The van der Waals surface area contributed by atoms with Gasteiger partial charge in [0.1, 0.15) is 5.75 Å². The Hall–Kier alpha value is -3.37. The van der Waals surface area contributed by atoms with Crippen molar-refractivity contribution >= 4 is 23.9 Å². The van der Waals surface area contributed by atoms with E-state index in [-0.39, 0.29) is 24.1 Å². The van der Waals surface area contributed by atoms with Gasteiger partial charge in [-0.2, -0.15) is 15.0 Å². The van der Waals surface area contributed by atoms with Crippen LogP contribution in [-0.4, -0.2) is 41.4 Å². The van der Waals surface area contributed by atoms with Crippen molar-refractivity contribution in [2.75, 3.05) is 24.7 Å². The largest absolute Gasteiger partial charge is 0.573 e. The highest BCUT2D eigenvalue weighted by Crippen LogP contribution is 2.23. The second-order valence-corrected chi connectivity index (χ2v) is 5.36. The van der Waals surface area contributed by atoms with Crippen LogP contribution in [0.2, 0.25) is 0 Å². The van der Waals surface area contributed by atoms with Gasteiger partial charge in [0.15, 0.2) is 12.4 Å². The van der Waals surface area contributed by atoms with Gasteiger partial charge in [0.25, 0.3) is 0 Å². The number of nitrogens with zero attached hydrogens (tertiary/aromatic N) is 4. The first-order valence-corrected chi connectivity index (χ1v) is 7.51. The molecule has 0 saturated heterocycles. The lowest BCUT2D eigenvalue weighted by molar-refractivity contribution is -0.274. The Kier molecular flexibility index (Phi) is 6.16. The highest BCUT2D eigenvalue weighted by Gasteiger charge is 2.30. The van der Waals surface area contributed by atoms with Crippen LogP contribution < -0.4 is 15.4 Å². The third-order valence-electron chi connectivity index (χ3n) is 2.96. The molecule has 0 aliphatic heterocycles. The van der Waals surface area contributed by atoms with Crippen LogP contribution in [0, 0.1) is 0 Å². The summed E-state index contributed by atoms with van der Waals surface area (Å²) in [5.41, 5.74) is 6.05. The topological polar surface area (TPSA) is 103 Å². The van der Waals surface area contributed by atoms with Gasteiger partial charge in [-0.1, -0.05) is 12.1 Å². The summed E-state index contributed by atoms with van der Waals surface area (Å²) in [6, 6.07) is 4.99. The van der Waals surface area contributed by atoms with Crippen LogP contribution in [0.15, 0.2) is 30.3 Å². The Balaban J connectivity index is 1.92. The van der Waals surface area contributed by atoms with Gasteiger partial charge in [0.2, 0.25) is 11.9 Å². The van der Waals surface area contributed by atoms with E-state index in [1.807, 2.05) is 0 Å². The molecule has 27 heavy (non-hydrogen) atoms. The third kappa shape index (κ3) is 6.80. The number of aromatic nitrogens is 3. The van der Waals surface area contributed by atoms with Crippen molar-refractivity contribution in [3.05, 3.63) is 41.7 Å².